The van der Waals surface area contributed by atoms with Crippen molar-refractivity contribution in [2.45, 2.75) is 44.7 Å². The monoisotopic (exact) mass is 356 g/mol. The molecule has 1 fully saturated rings. The van der Waals surface area contributed by atoms with Gasteiger partial charge in [-0.05, 0) is 50.3 Å². The van der Waals surface area contributed by atoms with Gasteiger partial charge in [-0.1, -0.05) is 12.1 Å². The summed E-state index contributed by atoms with van der Waals surface area (Å²) < 4.78 is 1.91. The minimum Gasteiger partial charge on any atom is -0.481 e. The van der Waals surface area contributed by atoms with Crippen molar-refractivity contribution in [3.05, 3.63) is 48.5 Å². The SMILES string of the molecule is CC(NC(=O)NC1CCC(C(=O)O)CC1)c1cccc(-n2ccnc2)c1. The summed E-state index contributed by atoms with van der Waals surface area (Å²) in [6.07, 6.45) is 7.96. The van der Waals surface area contributed by atoms with Gasteiger partial charge >= 0.3 is 12.0 Å². The van der Waals surface area contributed by atoms with Crippen molar-refractivity contribution >= 4 is 12.0 Å². The van der Waals surface area contributed by atoms with Crippen LogP contribution in [0.1, 0.15) is 44.2 Å². The zero-order valence-corrected chi connectivity index (χ0v) is 14.8. The fourth-order valence-corrected chi connectivity index (χ4v) is 3.36. The number of nitrogens with one attached hydrogen (secondary N) is 2. The van der Waals surface area contributed by atoms with Gasteiger partial charge in [-0.2, -0.15) is 0 Å². The number of amides is 2. The number of carbonyl (C=O) groups excluding carboxylic acids is 1. The van der Waals surface area contributed by atoms with Gasteiger partial charge < -0.3 is 20.3 Å². The second-order valence-electron chi connectivity index (χ2n) is 6.79. The first-order chi connectivity index (χ1) is 12.5. The van der Waals surface area contributed by atoms with E-state index in [1.165, 1.54) is 0 Å². The van der Waals surface area contributed by atoms with E-state index in [2.05, 4.69) is 15.6 Å². The fourth-order valence-electron chi connectivity index (χ4n) is 3.36. The molecule has 1 heterocycles. The highest BCUT2D eigenvalue weighted by atomic mass is 16.4. The Morgan fingerprint density at radius 1 is 1.27 bits per heavy atom. The van der Waals surface area contributed by atoms with E-state index in [-0.39, 0.29) is 24.0 Å². The Kier molecular flexibility index (Phi) is 5.55. The Bertz CT molecular complexity index is 752. The average Bonchev–Trinajstić information content (AvgIpc) is 3.17. The van der Waals surface area contributed by atoms with E-state index in [0.717, 1.165) is 11.3 Å². The van der Waals surface area contributed by atoms with Crippen LogP contribution in [0.2, 0.25) is 0 Å². The van der Waals surface area contributed by atoms with Crippen LogP contribution in [0.5, 0.6) is 0 Å². The highest BCUT2D eigenvalue weighted by Crippen LogP contribution is 2.24. The molecule has 2 aromatic rings. The molecule has 0 bridgehead atoms. The molecule has 0 radical (unpaired) electrons. The smallest absolute Gasteiger partial charge is 0.315 e. The molecule has 3 rings (SSSR count). The lowest BCUT2D eigenvalue weighted by molar-refractivity contribution is -0.142. The number of aromatic nitrogens is 2. The molecule has 7 heteroatoms. The quantitative estimate of drug-likeness (QED) is 0.767. The Morgan fingerprint density at radius 2 is 2.04 bits per heavy atom. The molecule has 0 saturated heterocycles. The predicted molar refractivity (Wildman–Crippen MR) is 97.0 cm³/mol. The minimum absolute atomic E-state index is 0.0371. The third-order valence-corrected chi connectivity index (χ3v) is 4.93. The number of carboxylic acids is 1. The molecule has 26 heavy (non-hydrogen) atoms. The summed E-state index contributed by atoms with van der Waals surface area (Å²) >= 11 is 0. The van der Waals surface area contributed by atoms with Crippen LogP contribution < -0.4 is 10.6 Å². The van der Waals surface area contributed by atoms with Crippen molar-refractivity contribution in [3.8, 4) is 5.69 Å². The number of nitrogens with zero attached hydrogens (tertiary/aromatic N) is 2. The van der Waals surface area contributed by atoms with E-state index in [4.69, 9.17) is 5.11 Å². The van der Waals surface area contributed by atoms with Crippen molar-refractivity contribution in [2.75, 3.05) is 0 Å². The van der Waals surface area contributed by atoms with Crippen LogP contribution in [0.25, 0.3) is 5.69 Å². The van der Waals surface area contributed by atoms with Crippen LogP contribution in [-0.2, 0) is 4.79 Å². The largest absolute Gasteiger partial charge is 0.481 e. The summed E-state index contributed by atoms with van der Waals surface area (Å²) in [6, 6.07) is 7.61. The number of carboxylic acid groups (broad SMARTS) is 1. The maximum absolute atomic E-state index is 12.3. The minimum atomic E-state index is -0.737. The van der Waals surface area contributed by atoms with E-state index < -0.39 is 5.97 Å². The zero-order valence-electron chi connectivity index (χ0n) is 14.8. The molecule has 2 amide bonds. The molecule has 1 unspecified atom stereocenters. The second kappa shape index (κ2) is 8.03. The van der Waals surface area contributed by atoms with Crippen LogP contribution in [0.3, 0.4) is 0 Å². The molecular weight excluding hydrogens is 332 g/mol. The number of imidazole rings is 1. The number of hydrogen-bond acceptors (Lipinski definition) is 3. The Morgan fingerprint density at radius 3 is 2.69 bits per heavy atom. The molecule has 1 saturated carbocycles. The highest BCUT2D eigenvalue weighted by molar-refractivity contribution is 5.75. The van der Waals surface area contributed by atoms with Crippen molar-refractivity contribution in [1.29, 1.82) is 0 Å². The molecule has 0 aliphatic heterocycles. The predicted octanol–water partition coefficient (Wildman–Crippen LogP) is 2.88. The first-order valence-electron chi connectivity index (χ1n) is 8.91. The maximum atomic E-state index is 12.3. The van der Waals surface area contributed by atoms with Crippen LogP contribution >= 0.6 is 0 Å². The number of carbonyl (C=O) groups is 2. The lowest BCUT2D eigenvalue weighted by Crippen LogP contribution is -2.44. The van der Waals surface area contributed by atoms with Gasteiger partial charge in [0.1, 0.15) is 0 Å². The van der Waals surface area contributed by atoms with Gasteiger partial charge in [0.05, 0.1) is 18.3 Å². The average molecular weight is 356 g/mol. The van der Waals surface area contributed by atoms with Gasteiger partial charge in [0, 0.05) is 24.1 Å². The Hall–Kier alpha value is -2.83. The van der Waals surface area contributed by atoms with Crippen molar-refractivity contribution in [2.24, 2.45) is 5.92 Å². The fraction of sp³-hybridized carbons (Fsp3) is 0.421. The third-order valence-electron chi connectivity index (χ3n) is 4.93. The normalized spacial score (nSPS) is 21.0. The summed E-state index contributed by atoms with van der Waals surface area (Å²) in [7, 11) is 0. The molecule has 3 N–H and O–H groups in total. The standard InChI is InChI=1S/C19H24N4O3/c1-13(15-3-2-4-17(11-15)23-10-9-20-12-23)21-19(26)22-16-7-5-14(6-8-16)18(24)25/h2-4,9-14,16H,5-8H2,1H3,(H,24,25)(H2,21,22,26). The first-order valence-corrected chi connectivity index (χ1v) is 8.91. The van der Waals surface area contributed by atoms with Crippen molar-refractivity contribution < 1.29 is 14.7 Å². The highest BCUT2D eigenvalue weighted by Gasteiger charge is 2.26. The van der Waals surface area contributed by atoms with Gasteiger partial charge in [-0.3, -0.25) is 4.79 Å². The van der Waals surface area contributed by atoms with Crippen molar-refractivity contribution in [3.63, 3.8) is 0 Å². The Balaban J connectivity index is 1.53. The van der Waals surface area contributed by atoms with E-state index in [9.17, 15) is 9.59 Å². The Labute approximate surface area is 152 Å². The maximum Gasteiger partial charge on any atom is 0.315 e. The lowest BCUT2D eigenvalue weighted by Gasteiger charge is -2.27. The van der Waals surface area contributed by atoms with Gasteiger partial charge in [0.25, 0.3) is 0 Å². The number of benzene rings is 1. The van der Waals surface area contributed by atoms with Gasteiger partial charge in [0.2, 0.25) is 0 Å². The molecule has 1 atom stereocenters. The third kappa shape index (κ3) is 4.41. The summed E-state index contributed by atoms with van der Waals surface area (Å²) in [5.74, 6) is -1.01. The summed E-state index contributed by atoms with van der Waals surface area (Å²) in [6.45, 7) is 1.94. The lowest BCUT2D eigenvalue weighted by atomic mass is 9.86. The molecule has 1 aromatic heterocycles. The van der Waals surface area contributed by atoms with E-state index in [1.807, 2.05) is 42.0 Å². The van der Waals surface area contributed by atoms with E-state index in [1.54, 1.807) is 12.5 Å². The second-order valence-corrected chi connectivity index (χ2v) is 6.79. The van der Waals surface area contributed by atoms with E-state index >= 15 is 0 Å². The summed E-state index contributed by atoms with van der Waals surface area (Å²) in [5, 5.41) is 15.0. The summed E-state index contributed by atoms with van der Waals surface area (Å²) in [5.41, 5.74) is 1.99. The van der Waals surface area contributed by atoms with Gasteiger partial charge in [0.15, 0.2) is 0 Å². The summed E-state index contributed by atoms with van der Waals surface area (Å²) in [4.78, 5) is 27.3. The first kappa shape index (κ1) is 18.0. The van der Waals surface area contributed by atoms with Crippen LogP contribution in [0, 0.1) is 5.92 Å². The topological polar surface area (TPSA) is 96.3 Å². The van der Waals surface area contributed by atoms with Gasteiger partial charge in [-0.25, -0.2) is 9.78 Å². The number of rotatable bonds is 5. The molecule has 1 aromatic carbocycles. The number of urea groups is 1. The van der Waals surface area contributed by atoms with Crippen LogP contribution in [-0.4, -0.2) is 32.7 Å². The molecular formula is C19H24N4O3. The zero-order chi connectivity index (χ0) is 18.5. The van der Waals surface area contributed by atoms with Crippen LogP contribution in [0.15, 0.2) is 43.0 Å². The molecule has 1 aliphatic carbocycles. The van der Waals surface area contributed by atoms with Gasteiger partial charge in [-0.15, -0.1) is 0 Å². The number of aliphatic carboxylic acids is 1. The number of hydrogen-bond donors (Lipinski definition) is 3. The molecule has 1 aliphatic rings. The molecule has 0 spiro atoms. The molecule has 7 nitrogen and oxygen atoms in total. The molecule has 138 valence electrons. The van der Waals surface area contributed by atoms with Crippen LogP contribution in [0.4, 0.5) is 4.79 Å². The van der Waals surface area contributed by atoms with Crippen molar-refractivity contribution in [1.82, 2.24) is 20.2 Å². The van der Waals surface area contributed by atoms with E-state index in [0.29, 0.717) is 25.7 Å².